The summed E-state index contributed by atoms with van der Waals surface area (Å²) in [6.45, 7) is 0. The summed E-state index contributed by atoms with van der Waals surface area (Å²) in [5.74, 6) is 0. The van der Waals surface area contributed by atoms with Crippen LogP contribution in [0.2, 0.25) is 10.0 Å². The van der Waals surface area contributed by atoms with Gasteiger partial charge in [-0.3, -0.25) is 8.74 Å². The maximum atomic E-state index is 10.7. The molecule has 0 radical (unpaired) electrons. The van der Waals surface area contributed by atoms with Crippen LogP contribution in [0.3, 0.4) is 0 Å². The zero-order chi connectivity index (χ0) is 13.1. The molecule has 2 rings (SSSR count). The van der Waals surface area contributed by atoms with Crippen LogP contribution in [0.15, 0.2) is 18.2 Å². The molecule has 3 unspecified atom stereocenters. The van der Waals surface area contributed by atoms with Crippen molar-refractivity contribution >= 4 is 40.3 Å². The molecule has 0 saturated heterocycles. The Balaban J connectivity index is 2.03. The minimum Gasteiger partial charge on any atom is -0.380 e. The van der Waals surface area contributed by atoms with Gasteiger partial charge in [0.1, 0.15) is 0 Å². The largest absolute Gasteiger partial charge is 0.380 e. The summed E-state index contributed by atoms with van der Waals surface area (Å²) in [6.07, 6.45) is 2.36. The van der Waals surface area contributed by atoms with E-state index in [-0.39, 0.29) is 12.1 Å². The van der Waals surface area contributed by atoms with Gasteiger partial charge in [0.05, 0.1) is 22.2 Å². The zero-order valence-electron chi connectivity index (χ0n) is 9.44. The lowest BCUT2D eigenvalue weighted by molar-refractivity contribution is 0.200. The monoisotopic (exact) mass is 309 g/mol. The molecule has 1 aliphatic rings. The Morgan fingerprint density at radius 2 is 2.11 bits per heavy atom. The Morgan fingerprint density at radius 1 is 1.33 bits per heavy atom. The van der Waals surface area contributed by atoms with Gasteiger partial charge in [0.25, 0.3) is 0 Å². The quantitative estimate of drug-likeness (QED) is 0.836. The Kier molecular flexibility index (Phi) is 4.86. The van der Waals surface area contributed by atoms with Gasteiger partial charge >= 0.3 is 11.4 Å². The molecule has 1 aromatic carbocycles. The predicted molar refractivity (Wildman–Crippen MR) is 73.4 cm³/mol. The fourth-order valence-corrected chi connectivity index (χ4v) is 2.85. The van der Waals surface area contributed by atoms with Crippen LogP contribution in [-0.4, -0.2) is 20.9 Å². The van der Waals surface area contributed by atoms with Crippen LogP contribution in [-0.2, 0) is 15.5 Å². The Labute approximate surface area is 118 Å². The van der Waals surface area contributed by atoms with E-state index in [9.17, 15) is 4.21 Å². The maximum Gasteiger partial charge on any atom is 0.302 e. The van der Waals surface area contributed by atoms with Crippen LogP contribution in [0, 0.1) is 0 Å². The highest BCUT2D eigenvalue weighted by molar-refractivity contribution is 7.74. The second-order valence-electron chi connectivity index (χ2n) is 4.16. The van der Waals surface area contributed by atoms with Gasteiger partial charge in [-0.25, -0.2) is 0 Å². The third-order valence-corrected chi connectivity index (χ3v) is 4.08. The lowest BCUT2D eigenvalue weighted by atomic mass is 10.2. The third-order valence-electron chi connectivity index (χ3n) is 2.93. The maximum absolute atomic E-state index is 10.7. The molecule has 1 aromatic rings. The molecule has 100 valence electrons. The minimum atomic E-state index is -2.23. The highest BCUT2D eigenvalue weighted by Gasteiger charge is 2.29. The van der Waals surface area contributed by atoms with Gasteiger partial charge in [-0.2, -0.15) is 4.21 Å². The van der Waals surface area contributed by atoms with Gasteiger partial charge in [-0.1, -0.05) is 23.2 Å². The van der Waals surface area contributed by atoms with Crippen molar-refractivity contribution < 1.29 is 12.9 Å². The van der Waals surface area contributed by atoms with E-state index in [4.69, 9.17) is 31.9 Å². The molecule has 0 aliphatic heterocycles. The molecule has 1 saturated carbocycles. The van der Waals surface area contributed by atoms with Gasteiger partial charge in [-0.05, 0) is 37.5 Å². The molecule has 0 aromatic heterocycles. The van der Waals surface area contributed by atoms with Crippen LogP contribution >= 0.6 is 23.2 Å². The standard InChI is InChI=1S/C11H13Cl2NO3S/c12-8-5-4-7(6-9(8)13)14-10-2-1-3-11(10)17-18(15)16/h4-6,10-11,14H,1-3H2,(H,15,16). The Bertz CT molecular complexity index is 458. The molecule has 0 spiro atoms. The molecule has 7 heteroatoms. The highest BCUT2D eigenvalue weighted by atomic mass is 35.5. The van der Waals surface area contributed by atoms with Crippen LogP contribution < -0.4 is 5.32 Å². The number of nitrogens with one attached hydrogen (secondary N) is 1. The highest BCUT2D eigenvalue weighted by Crippen LogP contribution is 2.29. The van der Waals surface area contributed by atoms with Crippen molar-refractivity contribution in [2.24, 2.45) is 0 Å². The predicted octanol–water partition coefficient (Wildman–Crippen LogP) is 3.48. The number of hydrogen-bond acceptors (Lipinski definition) is 3. The van der Waals surface area contributed by atoms with Crippen molar-refractivity contribution in [3.8, 4) is 0 Å². The summed E-state index contributed by atoms with van der Waals surface area (Å²) >= 11 is 9.54. The van der Waals surface area contributed by atoms with E-state index in [2.05, 4.69) is 5.32 Å². The fourth-order valence-electron chi connectivity index (χ4n) is 2.11. The van der Waals surface area contributed by atoms with Crippen molar-refractivity contribution in [1.29, 1.82) is 0 Å². The average molecular weight is 310 g/mol. The Morgan fingerprint density at radius 3 is 2.78 bits per heavy atom. The van der Waals surface area contributed by atoms with Crippen LogP contribution in [0.5, 0.6) is 0 Å². The summed E-state index contributed by atoms with van der Waals surface area (Å²) in [5.41, 5.74) is 0.827. The van der Waals surface area contributed by atoms with Gasteiger partial charge < -0.3 is 5.32 Å². The van der Waals surface area contributed by atoms with E-state index in [0.717, 1.165) is 24.9 Å². The van der Waals surface area contributed by atoms with Crippen LogP contribution in [0.4, 0.5) is 5.69 Å². The van der Waals surface area contributed by atoms with Gasteiger partial charge in [0.15, 0.2) is 0 Å². The fraction of sp³-hybridized carbons (Fsp3) is 0.455. The topological polar surface area (TPSA) is 58.6 Å². The lowest BCUT2D eigenvalue weighted by Crippen LogP contribution is -2.31. The second-order valence-corrected chi connectivity index (χ2v) is 5.60. The van der Waals surface area contributed by atoms with Crippen molar-refractivity contribution in [1.82, 2.24) is 0 Å². The molecule has 18 heavy (non-hydrogen) atoms. The molecule has 4 nitrogen and oxygen atoms in total. The van der Waals surface area contributed by atoms with Gasteiger partial charge in [0, 0.05) is 5.69 Å². The molecular formula is C11H13Cl2NO3S. The third kappa shape index (κ3) is 3.59. The molecule has 2 N–H and O–H groups in total. The molecule has 1 fully saturated rings. The first-order valence-corrected chi connectivity index (χ1v) is 7.34. The molecule has 1 aliphatic carbocycles. The number of hydrogen-bond donors (Lipinski definition) is 2. The number of rotatable bonds is 4. The second kappa shape index (κ2) is 6.21. The first kappa shape index (κ1) is 14.1. The first-order valence-electron chi connectivity index (χ1n) is 5.56. The summed E-state index contributed by atoms with van der Waals surface area (Å²) in [5, 5.41) is 4.22. The van der Waals surface area contributed by atoms with E-state index in [1.807, 2.05) is 6.07 Å². The molecule has 0 heterocycles. The van der Waals surface area contributed by atoms with E-state index >= 15 is 0 Å². The molecule has 3 atom stereocenters. The van der Waals surface area contributed by atoms with Gasteiger partial charge in [0.2, 0.25) is 0 Å². The van der Waals surface area contributed by atoms with E-state index in [1.54, 1.807) is 12.1 Å². The summed E-state index contributed by atoms with van der Waals surface area (Å²) in [4.78, 5) is 0. The van der Waals surface area contributed by atoms with Crippen molar-refractivity contribution in [2.75, 3.05) is 5.32 Å². The number of anilines is 1. The number of benzene rings is 1. The van der Waals surface area contributed by atoms with Crippen LogP contribution in [0.25, 0.3) is 0 Å². The molecule has 0 amide bonds. The van der Waals surface area contributed by atoms with Crippen molar-refractivity contribution in [2.45, 2.75) is 31.4 Å². The molecular weight excluding hydrogens is 297 g/mol. The Hall–Kier alpha value is -0.330. The van der Waals surface area contributed by atoms with E-state index in [1.165, 1.54) is 0 Å². The summed E-state index contributed by atoms with van der Waals surface area (Å²) < 4.78 is 24.4. The zero-order valence-corrected chi connectivity index (χ0v) is 11.8. The van der Waals surface area contributed by atoms with Gasteiger partial charge in [-0.15, -0.1) is 0 Å². The molecule has 0 bridgehead atoms. The summed E-state index contributed by atoms with van der Waals surface area (Å²) in [7, 11) is 0. The first-order chi connectivity index (χ1) is 8.56. The summed E-state index contributed by atoms with van der Waals surface area (Å²) in [6, 6.07) is 5.27. The SMILES string of the molecule is O=S(O)OC1CCCC1Nc1ccc(Cl)c(Cl)c1. The van der Waals surface area contributed by atoms with E-state index < -0.39 is 11.4 Å². The smallest absolute Gasteiger partial charge is 0.302 e. The average Bonchev–Trinajstić information content (AvgIpc) is 2.70. The van der Waals surface area contributed by atoms with Crippen molar-refractivity contribution in [3.05, 3.63) is 28.2 Å². The van der Waals surface area contributed by atoms with E-state index in [0.29, 0.717) is 10.0 Å². The minimum absolute atomic E-state index is 0.0124. The van der Waals surface area contributed by atoms with Crippen LogP contribution in [0.1, 0.15) is 19.3 Å². The normalized spacial score (nSPS) is 25.1. The lowest BCUT2D eigenvalue weighted by Gasteiger charge is -2.20. The number of halogens is 2. The van der Waals surface area contributed by atoms with Crippen molar-refractivity contribution in [3.63, 3.8) is 0 Å².